The van der Waals surface area contributed by atoms with Gasteiger partial charge >= 0.3 is 0 Å². The molecule has 1 aromatic carbocycles. The number of anilines is 3. The number of rotatable bonds is 3. The van der Waals surface area contributed by atoms with Gasteiger partial charge in [0.1, 0.15) is 29.3 Å². The molecule has 3 rings (SSSR count). The van der Waals surface area contributed by atoms with Crippen LogP contribution in [0.2, 0.25) is 0 Å². The fourth-order valence-electron chi connectivity index (χ4n) is 2.04. The molecule has 2 aromatic rings. The van der Waals surface area contributed by atoms with Crippen LogP contribution in [0.25, 0.3) is 0 Å². The summed E-state index contributed by atoms with van der Waals surface area (Å²) in [5.74, 6) is 1.63. The number of nitriles is 1. The first-order chi connectivity index (χ1) is 10.1. The van der Waals surface area contributed by atoms with E-state index in [0.29, 0.717) is 28.8 Å². The number of nitrogen functional groups attached to an aromatic ring is 1. The number of hydrogen-bond donors (Lipinski definition) is 2. The van der Waals surface area contributed by atoms with Crippen LogP contribution < -0.4 is 11.1 Å². The summed E-state index contributed by atoms with van der Waals surface area (Å²) in [6.07, 6.45) is 2.14. The third-order valence-corrected chi connectivity index (χ3v) is 3.50. The fourth-order valence-corrected chi connectivity index (χ4v) is 2.04. The Balaban J connectivity index is 2.00. The largest absolute Gasteiger partial charge is 0.383 e. The van der Waals surface area contributed by atoms with Crippen LogP contribution in [-0.2, 0) is 0 Å². The third-order valence-electron chi connectivity index (χ3n) is 3.50. The Bertz CT molecular complexity index is 746. The molecule has 1 fully saturated rings. The molecule has 1 aliphatic rings. The number of hydrogen-bond acceptors (Lipinski definition) is 5. The molecule has 0 aliphatic heterocycles. The van der Waals surface area contributed by atoms with Crippen LogP contribution in [0.4, 0.5) is 21.7 Å². The van der Waals surface area contributed by atoms with E-state index in [1.807, 2.05) is 13.0 Å². The molecule has 0 spiro atoms. The van der Waals surface area contributed by atoms with Crippen molar-refractivity contribution in [2.45, 2.75) is 25.7 Å². The molecule has 0 atom stereocenters. The van der Waals surface area contributed by atoms with Crippen molar-refractivity contribution in [1.82, 2.24) is 9.97 Å². The van der Waals surface area contributed by atoms with E-state index < -0.39 is 5.82 Å². The molecular formula is C15H14FN5. The molecule has 5 nitrogen and oxygen atoms in total. The third kappa shape index (κ3) is 2.63. The minimum atomic E-state index is -0.449. The van der Waals surface area contributed by atoms with Crippen molar-refractivity contribution in [1.29, 1.82) is 5.26 Å². The summed E-state index contributed by atoms with van der Waals surface area (Å²) in [6, 6.07) is 5.96. The van der Waals surface area contributed by atoms with E-state index >= 15 is 0 Å². The second kappa shape index (κ2) is 5.02. The van der Waals surface area contributed by atoms with Gasteiger partial charge in [0.15, 0.2) is 0 Å². The summed E-state index contributed by atoms with van der Waals surface area (Å²) in [7, 11) is 0. The van der Waals surface area contributed by atoms with E-state index in [2.05, 4.69) is 15.3 Å². The van der Waals surface area contributed by atoms with Crippen LogP contribution in [0.5, 0.6) is 0 Å². The lowest BCUT2D eigenvalue weighted by atomic mass is 10.2. The Morgan fingerprint density at radius 3 is 2.81 bits per heavy atom. The maximum absolute atomic E-state index is 13.2. The van der Waals surface area contributed by atoms with E-state index in [-0.39, 0.29) is 5.56 Å². The average Bonchev–Trinajstić information content (AvgIpc) is 3.29. The maximum atomic E-state index is 13.2. The molecule has 21 heavy (non-hydrogen) atoms. The van der Waals surface area contributed by atoms with E-state index in [1.165, 1.54) is 18.2 Å². The molecule has 1 aliphatic carbocycles. The topological polar surface area (TPSA) is 87.6 Å². The SMILES string of the molecule is Cc1c(N)nc(C2CC2)nc1Nc1ccc(F)cc1C#N. The molecule has 0 radical (unpaired) electrons. The predicted octanol–water partition coefficient (Wildman–Crippen LogP) is 3.00. The van der Waals surface area contributed by atoms with Gasteiger partial charge < -0.3 is 11.1 Å². The Kier molecular flexibility index (Phi) is 3.18. The highest BCUT2D eigenvalue weighted by Crippen LogP contribution is 2.39. The quantitative estimate of drug-likeness (QED) is 0.904. The van der Waals surface area contributed by atoms with Gasteiger partial charge in [-0.1, -0.05) is 0 Å². The predicted molar refractivity (Wildman–Crippen MR) is 77.6 cm³/mol. The zero-order valence-electron chi connectivity index (χ0n) is 11.5. The zero-order valence-corrected chi connectivity index (χ0v) is 11.5. The summed E-state index contributed by atoms with van der Waals surface area (Å²) in [5, 5.41) is 12.1. The highest BCUT2D eigenvalue weighted by atomic mass is 19.1. The molecule has 0 unspecified atom stereocenters. The maximum Gasteiger partial charge on any atom is 0.139 e. The average molecular weight is 283 g/mol. The number of nitrogens with zero attached hydrogens (tertiary/aromatic N) is 3. The van der Waals surface area contributed by atoms with Crippen molar-refractivity contribution >= 4 is 17.3 Å². The lowest BCUT2D eigenvalue weighted by Crippen LogP contribution is -2.07. The Labute approximate surface area is 121 Å². The van der Waals surface area contributed by atoms with Crippen LogP contribution in [0.15, 0.2) is 18.2 Å². The first-order valence-electron chi connectivity index (χ1n) is 6.69. The van der Waals surface area contributed by atoms with Crippen LogP contribution >= 0.6 is 0 Å². The molecule has 106 valence electrons. The highest BCUT2D eigenvalue weighted by molar-refractivity contribution is 5.68. The van der Waals surface area contributed by atoms with Crippen molar-refractivity contribution in [2.24, 2.45) is 0 Å². The van der Waals surface area contributed by atoms with Crippen molar-refractivity contribution in [3.63, 3.8) is 0 Å². The first-order valence-corrected chi connectivity index (χ1v) is 6.69. The Morgan fingerprint density at radius 2 is 2.14 bits per heavy atom. The molecule has 1 aromatic heterocycles. The van der Waals surface area contributed by atoms with Crippen molar-refractivity contribution in [3.8, 4) is 6.07 Å². The number of nitrogens with one attached hydrogen (secondary N) is 1. The monoisotopic (exact) mass is 283 g/mol. The fraction of sp³-hybridized carbons (Fsp3) is 0.267. The lowest BCUT2D eigenvalue weighted by molar-refractivity contribution is 0.627. The van der Waals surface area contributed by atoms with Crippen molar-refractivity contribution < 1.29 is 4.39 Å². The molecular weight excluding hydrogens is 269 g/mol. The summed E-state index contributed by atoms with van der Waals surface area (Å²) in [5.41, 5.74) is 7.36. The standard InChI is InChI=1S/C15H14FN5/c1-8-13(18)20-15(9-2-3-9)21-14(8)19-12-5-4-11(16)6-10(12)7-17/h4-6,9H,2-3H2,1H3,(H3,18,19,20,21). The van der Waals surface area contributed by atoms with Crippen molar-refractivity contribution in [3.05, 3.63) is 41.0 Å². The summed E-state index contributed by atoms with van der Waals surface area (Å²) in [6.45, 7) is 1.81. The van der Waals surface area contributed by atoms with E-state index in [1.54, 1.807) is 0 Å². The highest BCUT2D eigenvalue weighted by Gasteiger charge is 2.28. The molecule has 0 amide bonds. The van der Waals surface area contributed by atoms with E-state index in [0.717, 1.165) is 18.7 Å². The van der Waals surface area contributed by atoms with Gasteiger partial charge in [0.05, 0.1) is 11.3 Å². The lowest BCUT2D eigenvalue weighted by Gasteiger charge is -2.12. The van der Waals surface area contributed by atoms with E-state index in [9.17, 15) is 4.39 Å². The second-order valence-corrected chi connectivity index (χ2v) is 5.14. The number of benzene rings is 1. The number of aromatic nitrogens is 2. The van der Waals surface area contributed by atoms with E-state index in [4.69, 9.17) is 11.0 Å². The van der Waals surface area contributed by atoms with Gasteiger partial charge in [-0.05, 0) is 38.0 Å². The molecule has 6 heteroatoms. The summed E-state index contributed by atoms with van der Waals surface area (Å²) >= 11 is 0. The van der Waals surface area contributed by atoms with Gasteiger partial charge in [0, 0.05) is 11.5 Å². The Morgan fingerprint density at radius 1 is 1.38 bits per heavy atom. The molecule has 3 N–H and O–H groups in total. The van der Waals surface area contributed by atoms with Gasteiger partial charge in [0.25, 0.3) is 0 Å². The van der Waals surface area contributed by atoms with Crippen molar-refractivity contribution in [2.75, 3.05) is 11.1 Å². The second-order valence-electron chi connectivity index (χ2n) is 5.14. The van der Waals surface area contributed by atoms with Gasteiger partial charge in [-0.25, -0.2) is 14.4 Å². The Hall–Kier alpha value is -2.68. The molecule has 0 saturated heterocycles. The summed E-state index contributed by atoms with van der Waals surface area (Å²) in [4.78, 5) is 8.78. The van der Waals surface area contributed by atoms with Crippen LogP contribution in [-0.4, -0.2) is 9.97 Å². The minimum absolute atomic E-state index is 0.222. The molecule has 1 heterocycles. The first kappa shape index (κ1) is 13.3. The van der Waals surface area contributed by atoms with Gasteiger partial charge in [0.2, 0.25) is 0 Å². The van der Waals surface area contributed by atoms with Gasteiger partial charge in [-0.2, -0.15) is 5.26 Å². The van der Waals surface area contributed by atoms with Gasteiger partial charge in [-0.3, -0.25) is 0 Å². The molecule has 1 saturated carbocycles. The van der Waals surface area contributed by atoms with Gasteiger partial charge in [-0.15, -0.1) is 0 Å². The van der Waals surface area contributed by atoms with Crippen LogP contribution in [0.3, 0.4) is 0 Å². The minimum Gasteiger partial charge on any atom is -0.383 e. The zero-order chi connectivity index (χ0) is 15.0. The van der Waals surface area contributed by atoms with Crippen LogP contribution in [0.1, 0.15) is 35.7 Å². The molecule has 0 bridgehead atoms. The van der Waals surface area contributed by atoms with Crippen LogP contribution in [0, 0.1) is 24.1 Å². The normalized spacial score (nSPS) is 13.8. The smallest absolute Gasteiger partial charge is 0.139 e. The number of halogens is 1. The number of nitrogens with two attached hydrogens (primary N) is 1. The summed E-state index contributed by atoms with van der Waals surface area (Å²) < 4.78 is 13.2.